The average Bonchev–Trinajstić information content (AvgIpc) is 2.80. The number of nitrogens with zero attached hydrogens (tertiary/aromatic N) is 3. The molecule has 1 aromatic heterocycles. The number of benzene rings is 1. The zero-order valence-electron chi connectivity index (χ0n) is 11.6. The summed E-state index contributed by atoms with van der Waals surface area (Å²) < 4.78 is 1.16. The number of carboxylic acid groups (broad SMARTS) is 1. The topological polar surface area (TPSA) is 140 Å². The predicted molar refractivity (Wildman–Crippen MR) is 75.3 cm³/mol. The normalized spacial score (nSPS) is 10.2. The maximum Gasteiger partial charge on any atom is 0.358 e. The summed E-state index contributed by atoms with van der Waals surface area (Å²) >= 11 is 0. The van der Waals surface area contributed by atoms with Crippen LogP contribution in [0.5, 0.6) is 0 Å². The van der Waals surface area contributed by atoms with Gasteiger partial charge in [-0.2, -0.15) is 0 Å². The number of carboxylic acids is 1. The molecule has 2 rings (SSSR count). The minimum atomic E-state index is -1.22. The Hall–Kier alpha value is -3.23. The highest BCUT2D eigenvalue weighted by atomic mass is 16.4. The summed E-state index contributed by atoms with van der Waals surface area (Å²) in [6, 6.07) is 6.29. The molecular formula is C13H13N5O4. The van der Waals surface area contributed by atoms with Crippen molar-refractivity contribution in [2.24, 2.45) is 5.73 Å². The maximum absolute atomic E-state index is 12.0. The molecule has 9 nitrogen and oxygen atoms in total. The number of para-hydroxylation sites is 1. The molecule has 0 aliphatic carbocycles. The number of rotatable bonds is 5. The van der Waals surface area contributed by atoms with Crippen LogP contribution in [0.15, 0.2) is 24.3 Å². The van der Waals surface area contributed by atoms with E-state index in [2.05, 4.69) is 15.6 Å². The third-order valence-corrected chi connectivity index (χ3v) is 2.95. The molecule has 0 atom stereocenters. The molecule has 0 aliphatic rings. The van der Waals surface area contributed by atoms with Gasteiger partial charge in [-0.25, -0.2) is 9.48 Å². The number of carbonyl (C=O) groups is 3. The lowest BCUT2D eigenvalue weighted by Crippen LogP contribution is -2.23. The Balaban J connectivity index is 2.15. The van der Waals surface area contributed by atoms with E-state index in [4.69, 9.17) is 10.8 Å². The lowest BCUT2D eigenvalue weighted by molar-refractivity contribution is -0.117. The molecule has 0 unspecified atom stereocenters. The fourth-order valence-corrected chi connectivity index (χ4v) is 1.84. The summed E-state index contributed by atoms with van der Waals surface area (Å²) in [5.74, 6) is -2.37. The third-order valence-electron chi connectivity index (χ3n) is 2.95. The highest BCUT2D eigenvalue weighted by Crippen LogP contribution is 2.14. The molecule has 22 heavy (non-hydrogen) atoms. The van der Waals surface area contributed by atoms with Gasteiger partial charge in [0, 0.05) is 0 Å². The number of nitrogens with one attached hydrogen (secondary N) is 1. The van der Waals surface area contributed by atoms with Crippen molar-refractivity contribution in [1.82, 2.24) is 15.0 Å². The Morgan fingerprint density at radius 1 is 1.32 bits per heavy atom. The molecule has 0 fully saturated rings. The first-order valence-electron chi connectivity index (χ1n) is 6.22. The largest absolute Gasteiger partial charge is 0.476 e. The van der Waals surface area contributed by atoms with Crippen LogP contribution in [-0.2, 0) is 11.3 Å². The van der Waals surface area contributed by atoms with Gasteiger partial charge in [0.05, 0.1) is 16.9 Å². The first-order valence-corrected chi connectivity index (χ1v) is 6.22. The maximum atomic E-state index is 12.0. The van der Waals surface area contributed by atoms with Crippen molar-refractivity contribution in [3.8, 4) is 0 Å². The highest BCUT2D eigenvalue weighted by Gasteiger charge is 2.17. The second kappa shape index (κ2) is 6.04. The van der Waals surface area contributed by atoms with Crippen LogP contribution in [-0.4, -0.2) is 37.9 Å². The van der Waals surface area contributed by atoms with E-state index >= 15 is 0 Å². The molecule has 2 aromatic rings. The number of hydrogen-bond acceptors (Lipinski definition) is 5. The number of primary amides is 1. The average molecular weight is 303 g/mol. The van der Waals surface area contributed by atoms with E-state index in [1.807, 2.05) is 0 Å². The van der Waals surface area contributed by atoms with Gasteiger partial charge in [-0.3, -0.25) is 9.59 Å². The molecule has 1 aromatic carbocycles. The van der Waals surface area contributed by atoms with E-state index in [0.717, 1.165) is 4.68 Å². The summed E-state index contributed by atoms with van der Waals surface area (Å²) in [5, 5.41) is 18.5. The van der Waals surface area contributed by atoms with Crippen molar-refractivity contribution in [1.29, 1.82) is 0 Å². The van der Waals surface area contributed by atoms with Crippen LogP contribution in [0.25, 0.3) is 0 Å². The lowest BCUT2D eigenvalue weighted by atomic mass is 10.1. The van der Waals surface area contributed by atoms with E-state index in [1.165, 1.54) is 19.1 Å². The zero-order valence-corrected chi connectivity index (χ0v) is 11.6. The molecular weight excluding hydrogens is 290 g/mol. The van der Waals surface area contributed by atoms with Crippen LogP contribution in [0.4, 0.5) is 5.69 Å². The van der Waals surface area contributed by atoms with Crippen molar-refractivity contribution < 1.29 is 19.5 Å². The van der Waals surface area contributed by atoms with Gasteiger partial charge >= 0.3 is 5.97 Å². The summed E-state index contributed by atoms with van der Waals surface area (Å²) in [7, 11) is 0. The lowest BCUT2D eigenvalue weighted by Gasteiger charge is -2.09. The molecule has 0 radical (unpaired) electrons. The first-order chi connectivity index (χ1) is 10.4. The second-order valence-corrected chi connectivity index (χ2v) is 4.44. The summed E-state index contributed by atoms with van der Waals surface area (Å²) in [6.45, 7) is 1.26. The van der Waals surface area contributed by atoms with E-state index in [0.29, 0.717) is 0 Å². The Morgan fingerprint density at radius 3 is 2.59 bits per heavy atom. The van der Waals surface area contributed by atoms with Gasteiger partial charge in [-0.1, -0.05) is 17.3 Å². The van der Waals surface area contributed by atoms with Crippen LogP contribution < -0.4 is 11.1 Å². The summed E-state index contributed by atoms with van der Waals surface area (Å²) in [5.41, 5.74) is 5.71. The molecule has 114 valence electrons. The van der Waals surface area contributed by atoms with Crippen LogP contribution in [0.1, 0.15) is 26.5 Å². The molecule has 1 heterocycles. The van der Waals surface area contributed by atoms with Crippen molar-refractivity contribution in [3.05, 3.63) is 41.2 Å². The Labute approximate surface area is 124 Å². The van der Waals surface area contributed by atoms with Crippen LogP contribution in [0.3, 0.4) is 0 Å². The van der Waals surface area contributed by atoms with Gasteiger partial charge in [-0.15, -0.1) is 5.10 Å². The highest BCUT2D eigenvalue weighted by molar-refractivity contribution is 6.02. The number of nitrogens with two attached hydrogens (primary N) is 1. The number of anilines is 1. The Kier molecular flexibility index (Phi) is 4.16. The zero-order chi connectivity index (χ0) is 16.3. The SMILES string of the molecule is Cc1c(C(=O)O)nnn1CC(=O)Nc1ccccc1C(N)=O. The number of carbonyl (C=O) groups excluding carboxylic acids is 2. The monoisotopic (exact) mass is 303 g/mol. The molecule has 0 spiro atoms. The fraction of sp³-hybridized carbons (Fsp3) is 0.154. The van der Waals surface area contributed by atoms with Crippen molar-refractivity contribution in [3.63, 3.8) is 0 Å². The summed E-state index contributed by atoms with van der Waals surface area (Å²) in [6.07, 6.45) is 0. The van der Waals surface area contributed by atoms with Crippen molar-refractivity contribution >= 4 is 23.5 Å². The second-order valence-electron chi connectivity index (χ2n) is 4.44. The van der Waals surface area contributed by atoms with E-state index in [-0.39, 0.29) is 29.2 Å². The molecule has 0 saturated heterocycles. The standard InChI is InChI=1S/C13H13N5O4/c1-7-11(13(21)22)16-17-18(7)6-10(19)15-9-5-3-2-4-8(9)12(14)20/h2-5H,6H2,1H3,(H2,14,20)(H,15,19)(H,21,22). The predicted octanol–water partition coefficient (Wildman–Crippen LogP) is 0.0223. The van der Waals surface area contributed by atoms with Gasteiger partial charge in [0.2, 0.25) is 5.91 Å². The molecule has 0 saturated carbocycles. The quantitative estimate of drug-likeness (QED) is 0.711. The number of aromatic carboxylic acids is 1. The minimum absolute atomic E-state index is 0.178. The van der Waals surface area contributed by atoms with Gasteiger partial charge < -0.3 is 16.2 Å². The Morgan fingerprint density at radius 2 is 2.00 bits per heavy atom. The molecule has 9 heteroatoms. The van der Waals surface area contributed by atoms with Crippen LogP contribution in [0, 0.1) is 6.92 Å². The van der Waals surface area contributed by atoms with Gasteiger partial charge in [0.25, 0.3) is 5.91 Å². The van der Waals surface area contributed by atoms with Crippen LogP contribution in [0.2, 0.25) is 0 Å². The first kappa shape index (κ1) is 15.2. The third kappa shape index (κ3) is 3.08. The number of aromatic nitrogens is 3. The molecule has 4 N–H and O–H groups in total. The van der Waals surface area contributed by atoms with Crippen molar-refractivity contribution in [2.45, 2.75) is 13.5 Å². The van der Waals surface area contributed by atoms with E-state index in [1.54, 1.807) is 12.1 Å². The Bertz CT molecular complexity index is 753. The molecule has 2 amide bonds. The number of amides is 2. The smallest absolute Gasteiger partial charge is 0.358 e. The summed E-state index contributed by atoms with van der Waals surface area (Å²) in [4.78, 5) is 34.1. The fourth-order valence-electron chi connectivity index (χ4n) is 1.84. The number of hydrogen-bond donors (Lipinski definition) is 3. The molecule has 0 aliphatic heterocycles. The minimum Gasteiger partial charge on any atom is -0.476 e. The van der Waals surface area contributed by atoms with E-state index in [9.17, 15) is 14.4 Å². The van der Waals surface area contributed by atoms with Gasteiger partial charge in [-0.05, 0) is 19.1 Å². The van der Waals surface area contributed by atoms with Gasteiger partial charge in [0.1, 0.15) is 6.54 Å². The molecule has 0 bridgehead atoms. The van der Waals surface area contributed by atoms with Crippen LogP contribution >= 0.6 is 0 Å². The van der Waals surface area contributed by atoms with Gasteiger partial charge in [0.15, 0.2) is 5.69 Å². The van der Waals surface area contributed by atoms with E-state index < -0.39 is 17.8 Å². The van der Waals surface area contributed by atoms with Crippen molar-refractivity contribution in [2.75, 3.05) is 5.32 Å².